The highest BCUT2D eigenvalue weighted by Crippen LogP contribution is 2.45. The van der Waals surface area contributed by atoms with E-state index in [1.807, 2.05) is 6.07 Å². The summed E-state index contributed by atoms with van der Waals surface area (Å²) < 4.78 is 32.3. The highest BCUT2D eigenvalue weighted by atomic mass is 16.5. The van der Waals surface area contributed by atoms with Crippen LogP contribution in [0.4, 0.5) is 11.4 Å². The Morgan fingerprint density at radius 1 is 0.560 bits per heavy atom. The Morgan fingerprint density at radius 2 is 1.08 bits per heavy atom. The minimum absolute atomic E-state index is 0.502. The molecule has 2 rings (SSSR count). The first-order valence-corrected chi connectivity index (χ1v) is 7.49. The molecule has 0 aliphatic carbocycles. The molecule has 0 atom stereocenters. The van der Waals surface area contributed by atoms with Crippen LogP contribution in [-0.4, -0.2) is 42.7 Å². The lowest BCUT2D eigenvalue weighted by atomic mass is 10.2. The first-order valence-electron chi connectivity index (χ1n) is 7.49. The minimum atomic E-state index is 0.502. The van der Waals surface area contributed by atoms with E-state index in [2.05, 4.69) is 5.32 Å². The quantitative estimate of drug-likeness (QED) is 0.782. The van der Waals surface area contributed by atoms with Gasteiger partial charge < -0.3 is 33.7 Å². The van der Waals surface area contributed by atoms with Crippen LogP contribution in [0.3, 0.4) is 0 Å². The van der Waals surface area contributed by atoms with Gasteiger partial charge in [0, 0.05) is 17.8 Å². The van der Waals surface area contributed by atoms with Crippen LogP contribution in [0.1, 0.15) is 0 Å². The van der Waals surface area contributed by atoms with E-state index in [0.717, 1.165) is 5.69 Å². The Kier molecular flexibility index (Phi) is 6.05. The van der Waals surface area contributed by atoms with Crippen molar-refractivity contribution in [3.05, 3.63) is 24.3 Å². The third-order valence-electron chi connectivity index (χ3n) is 3.65. The molecule has 0 amide bonds. The van der Waals surface area contributed by atoms with Crippen LogP contribution in [0, 0.1) is 0 Å². The molecule has 7 nitrogen and oxygen atoms in total. The third kappa shape index (κ3) is 3.60. The van der Waals surface area contributed by atoms with Crippen molar-refractivity contribution in [2.75, 3.05) is 48.0 Å². The average molecular weight is 349 g/mol. The largest absolute Gasteiger partial charge is 0.493 e. The van der Waals surface area contributed by atoms with E-state index in [9.17, 15) is 0 Å². The summed E-state index contributed by atoms with van der Waals surface area (Å²) in [5.41, 5.74) is 1.44. The number of anilines is 2. The summed E-state index contributed by atoms with van der Waals surface area (Å²) in [7, 11) is 9.39. The molecule has 0 bridgehead atoms. The molecule has 0 aliphatic rings. The summed E-state index contributed by atoms with van der Waals surface area (Å²) in [4.78, 5) is 0. The molecule has 136 valence electrons. The molecule has 0 fully saturated rings. The molecule has 0 radical (unpaired) electrons. The Morgan fingerprint density at radius 3 is 1.52 bits per heavy atom. The lowest BCUT2D eigenvalue weighted by Gasteiger charge is -2.18. The van der Waals surface area contributed by atoms with Gasteiger partial charge in [-0.05, 0) is 12.1 Å². The molecule has 7 heteroatoms. The molecule has 0 spiro atoms. The highest BCUT2D eigenvalue weighted by molar-refractivity contribution is 5.75. The SMILES string of the molecule is COc1cc(Nc2ccc(OC)c(OC)c2OC)cc(OC)c1OC. The van der Waals surface area contributed by atoms with E-state index in [4.69, 9.17) is 28.4 Å². The van der Waals surface area contributed by atoms with Gasteiger partial charge in [-0.2, -0.15) is 0 Å². The summed E-state index contributed by atoms with van der Waals surface area (Å²) in [6, 6.07) is 7.24. The minimum Gasteiger partial charge on any atom is -0.493 e. The smallest absolute Gasteiger partial charge is 0.205 e. The highest BCUT2D eigenvalue weighted by Gasteiger charge is 2.18. The van der Waals surface area contributed by atoms with Gasteiger partial charge in [-0.15, -0.1) is 0 Å². The normalized spacial score (nSPS) is 10.0. The Bertz CT molecular complexity index is 707. The average Bonchev–Trinajstić information content (AvgIpc) is 2.66. The van der Waals surface area contributed by atoms with Crippen LogP contribution in [-0.2, 0) is 0 Å². The van der Waals surface area contributed by atoms with Gasteiger partial charge in [-0.1, -0.05) is 0 Å². The lowest BCUT2D eigenvalue weighted by molar-refractivity contribution is 0.324. The maximum Gasteiger partial charge on any atom is 0.205 e. The molecule has 0 heterocycles. The second-order valence-corrected chi connectivity index (χ2v) is 4.92. The Hall–Kier alpha value is -2.96. The molecule has 0 aliphatic heterocycles. The number of hydrogen-bond acceptors (Lipinski definition) is 7. The van der Waals surface area contributed by atoms with Gasteiger partial charge in [0.2, 0.25) is 11.5 Å². The fourth-order valence-electron chi connectivity index (χ4n) is 2.51. The predicted molar refractivity (Wildman–Crippen MR) is 95.5 cm³/mol. The van der Waals surface area contributed by atoms with Gasteiger partial charge in [0.05, 0.1) is 48.3 Å². The summed E-state index contributed by atoms with van der Waals surface area (Å²) in [5, 5.41) is 3.27. The summed E-state index contributed by atoms with van der Waals surface area (Å²) in [5.74, 6) is 3.22. The second kappa shape index (κ2) is 8.23. The summed E-state index contributed by atoms with van der Waals surface area (Å²) in [6.45, 7) is 0. The first kappa shape index (κ1) is 18.4. The van der Waals surface area contributed by atoms with Crippen molar-refractivity contribution >= 4 is 11.4 Å². The van der Waals surface area contributed by atoms with E-state index < -0.39 is 0 Å². The van der Waals surface area contributed by atoms with Crippen LogP contribution in [0.2, 0.25) is 0 Å². The van der Waals surface area contributed by atoms with Crippen molar-refractivity contribution in [1.29, 1.82) is 0 Å². The van der Waals surface area contributed by atoms with Gasteiger partial charge >= 0.3 is 0 Å². The second-order valence-electron chi connectivity index (χ2n) is 4.92. The van der Waals surface area contributed by atoms with Crippen LogP contribution in [0.25, 0.3) is 0 Å². The van der Waals surface area contributed by atoms with Crippen molar-refractivity contribution in [2.24, 2.45) is 0 Å². The zero-order chi connectivity index (χ0) is 18.4. The zero-order valence-electron chi connectivity index (χ0n) is 15.3. The van der Waals surface area contributed by atoms with Crippen LogP contribution < -0.4 is 33.7 Å². The van der Waals surface area contributed by atoms with E-state index in [0.29, 0.717) is 40.2 Å². The summed E-state index contributed by atoms with van der Waals surface area (Å²) in [6.07, 6.45) is 0. The van der Waals surface area contributed by atoms with Gasteiger partial charge in [0.25, 0.3) is 0 Å². The Labute approximate surface area is 147 Å². The first-order chi connectivity index (χ1) is 12.1. The van der Waals surface area contributed by atoms with Gasteiger partial charge in [-0.3, -0.25) is 0 Å². The van der Waals surface area contributed by atoms with Crippen molar-refractivity contribution in [3.63, 3.8) is 0 Å². The number of ether oxygens (including phenoxy) is 6. The van der Waals surface area contributed by atoms with Gasteiger partial charge in [-0.25, -0.2) is 0 Å². The molecule has 0 unspecified atom stereocenters. The number of nitrogens with one attached hydrogen (secondary N) is 1. The van der Waals surface area contributed by atoms with Gasteiger partial charge in [0.1, 0.15) is 0 Å². The van der Waals surface area contributed by atoms with Gasteiger partial charge in [0.15, 0.2) is 23.0 Å². The molecule has 0 aromatic heterocycles. The predicted octanol–water partition coefficient (Wildman–Crippen LogP) is 3.48. The molecular formula is C18H23NO6. The number of benzene rings is 2. The maximum absolute atomic E-state index is 5.49. The van der Waals surface area contributed by atoms with Crippen molar-refractivity contribution in [2.45, 2.75) is 0 Å². The molecule has 2 aromatic rings. The fourth-order valence-corrected chi connectivity index (χ4v) is 2.51. The third-order valence-corrected chi connectivity index (χ3v) is 3.65. The maximum atomic E-state index is 5.49. The van der Waals surface area contributed by atoms with Crippen LogP contribution in [0.5, 0.6) is 34.5 Å². The van der Waals surface area contributed by atoms with Crippen molar-refractivity contribution in [1.82, 2.24) is 0 Å². The summed E-state index contributed by atoms with van der Waals surface area (Å²) >= 11 is 0. The standard InChI is InChI=1S/C18H23NO6/c1-20-13-8-7-12(16(23-4)18(13)25-6)19-11-9-14(21-2)17(24-5)15(10-11)22-3/h7-10,19H,1-6H3. The Balaban J connectivity index is 2.49. The van der Waals surface area contributed by atoms with E-state index in [1.165, 1.54) is 0 Å². The van der Waals surface area contributed by atoms with E-state index in [-0.39, 0.29) is 0 Å². The molecule has 25 heavy (non-hydrogen) atoms. The zero-order valence-corrected chi connectivity index (χ0v) is 15.3. The molecular weight excluding hydrogens is 326 g/mol. The lowest BCUT2D eigenvalue weighted by Crippen LogP contribution is -2.01. The molecule has 0 saturated carbocycles. The van der Waals surface area contributed by atoms with E-state index in [1.54, 1.807) is 60.9 Å². The monoisotopic (exact) mass is 349 g/mol. The van der Waals surface area contributed by atoms with Crippen LogP contribution >= 0.6 is 0 Å². The van der Waals surface area contributed by atoms with E-state index >= 15 is 0 Å². The molecule has 0 saturated heterocycles. The topological polar surface area (TPSA) is 67.4 Å². The number of methoxy groups -OCH3 is 6. The fraction of sp³-hybridized carbons (Fsp3) is 0.333. The number of hydrogen-bond donors (Lipinski definition) is 1. The van der Waals surface area contributed by atoms with Crippen molar-refractivity contribution < 1.29 is 28.4 Å². The molecule has 1 N–H and O–H groups in total. The van der Waals surface area contributed by atoms with Crippen molar-refractivity contribution in [3.8, 4) is 34.5 Å². The number of rotatable bonds is 8. The van der Waals surface area contributed by atoms with Crippen LogP contribution in [0.15, 0.2) is 24.3 Å². The molecule has 2 aromatic carbocycles.